The Balaban J connectivity index is 2.01. The summed E-state index contributed by atoms with van der Waals surface area (Å²) in [7, 11) is 3.16. The largest absolute Gasteiger partial charge is 0.497 e. The number of carbonyl (C=O) groups is 1. The Kier molecular flexibility index (Phi) is 6.32. The first kappa shape index (κ1) is 20.9. The zero-order chi connectivity index (χ0) is 21.7. The number of ether oxygens (including phenoxy) is 2. The number of carbonyl (C=O) groups excluding carboxylic acids is 1. The predicted molar refractivity (Wildman–Crippen MR) is 113 cm³/mol. The van der Waals surface area contributed by atoms with Crippen LogP contribution in [0.1, 0.15) is 33.1 Å². The van der Waals surface area contributed by atoms with Gasteiger partial charge in [-0.05, 0) is 48.4 Å². The van der Waals surface area contributed by atoms with E-state index < -0.39 is 16.9 Å². The maximum absolute atomic E-state index is 13.1. The molecule has 0 aliphatic carbocycles. The molecule has 0 heterocycles. The van der Waals surface area contributed by atoms with Gasteiger partial charge in [0.25, 0.3) is 11.6 Å². The Morgan fingerprint density at radius 3 is 1.83 bits per heavy atom. The quantitative estimate of drug-likeness (QED) is 0.463. The van der Waals surface area contributed by atoms with E-state index in [1.54, 1.807) is 57.5 Å². The average molecular weight is 406 g/mol. The fourth-order valence-corrected chi connectivity index (χ4v) is 3.25. The molecule has 0 radical (unpaired) electrons. The zero-order valence-electron chi connectivity index (χ0n) is 16.9. The molecule has 1 N–H and O–H groups in total. The summed E-state index contributed by atoms with van der Waals surface area (Å²) in [6, 6.07) is 18.8. The summed E-state index contributed by atoms with van der Waals surface area (Å²) in [6.45, 7) is 1.61. The van der Waals surface area contributed by atoms with Crippen LogP contribution in [-0.4, -0.2) is 25.1 Å². The highest BCUT2D eigenvalue weighted by Crippen LogP contribution is 2.28. The SMILES string of the molecule is COc1ccc(C(NC(=O)c2cccc(C)c2[N+](=O)[O-])c2ccc(OC)cc2)cc1. The van der Waals surface area contributed by atoms with Crippen LogP contribution in [0.4, 0.5) is 5.69 Å². The Hall–Kier alpha value is -3.87. The van der Waals surface area contributed by atoms with Crippen molar-refractivity contribution < 1.29 is 19.2 Å². The van der Waals surface area contributed by atoms with Gasteiger partial charge in [-0.2, -0.15) is 0 Å². The lowest BCUT2D eigenvalue weighted by molar-refractivity contribution is -0.385. The van der Waals surface area contributed by atoms with Gasteiger partial charge in [-0.15, -0.1) is 0 Å². The molecule has 7 heteroatoms. The molecular weight excluding hydrogens is 384 g/mol. The minimum absolute atomic E-state index is 0.0204. The van der Waals surface area contributed by atoms with Crippen LogP contribution in [0.3, 0.4) is 0 Å². The van der Waals surface area contributed by atoms with E-state index in [0.717, 1.165) is 11.1 Å². The highest BCUT2D eigenvalue weighted by molar-refractivity contribution is 5.99. The maximum atomic E-state index is 13.1. The molecule has 30 heavy (non-hydrogen) atoms. The molecule has 0 unspecified atom stereocenters. The van der Waals surface area contributed by atoms with Crippen LogP contribution in [0.5, 0.6) is 11.5 Å². The minimum Gasteiger partial charge on any atom is -0.497 e. The first-order valence-corrected chi connectivity index (χ1v) is 9.27. The van der Waals surface area contributed by atoms with Crippen LogP contribution in [0, 0.1) is 17.0 Å². The van der Waals surface area contributed by atoms with Crippen LogP contribution in [0.15, 0.2) is 66.7 Å². The van der Waals surface area contributed by atoms with Gasteiger partial charge in [0, 0.05) is 5.56 Å². The predicted octanol–water partition coefficient (Wildman–Crippen LogP) is 4.44. The number of nitrogens with zero attached hydrogens (tertiary/aromatic N) is 1. The van der Waals surface area contributed by atoms with E-state index in [4.69, 9.17) is 9.47 Å². The fourth-order valence-electron chi connectivity index (χ4n) is 3.25. The van der Waals surface area contributed by atoms with Gasteiger partial charge >= 0.3 is 0 Å². The smallest absolute Gasteiger partial charge is 0.285 e. The third-order valence-corrected chi connectivity index (χ3v) is 4.84. The molecule has 0 aromatic heterocycles. The third kappa shape index (κ3) is 4.41. The Bertz CT molecular complexity index is 999. The van der Waals surface area contributed by atoms with Crippen molar-refractivity contribution in [1.29, 1.82) is 0 Å². The van der Waals surface area contributed by atoms with Gasteiger partial charge in [-0.3, -0.25) is 14.9 Å². The number of amides is 1. The first-order chi connectivity index (χ1) is 14.4. The molecule has 0 atom stereocenters. The number of benzene rings is 3. The molecule has 1 amide bonds. The maximum Gasteiger partial charge on any atom is 0.285 e. The first-order valence-electron chi connectivity index (χ1n) is 9.27. The molecule has 0 aliphatic heterocycles. The van der Waals surface area contributed by atoms with Crippen LogP contribution in [0.25, 0.3) is 0 Å². The molecule has 3 aromatic carbocycles. The van der Waals surface area contributed by atoms with Crippen LogP contribution in [-0.2, 0) is 0 Å². The standard InChI is InChI=1S/C23H22N2O5/c1-15-5-4-6-20(22(15)25(27)28)23(26)24-21(16-7-11-18(29-2)12-8-16)17-9-13-19(30-3)14-10-17/h4-14,21H,1-3H3,(H,24,26). The van der Waals surface area contributed by atoms with Crippen molar-refractivity contribution in [3.63, 3.8) is 0 Å². The summed E-state index contributed by atoms with van der Waals surface area (Å²) < 4.78 is 10.4. The molecule has 0 saturated carbocycles. The van der Waals surface area contributed by atoms with E-state index in [1.165, 1.54) is 6.07 Å². The van der Waals surface area contributed by atoms with E-state index in [1.807, 2.05) is 24.3 Å². The average Bonchev–Trinajstić information content (AvgIpc) is 2.77. The van der Waals surface area contributed by atoms with Gasteiger partial charge < -0.3 is 14.8 Å². The zero-order valence-corrected chi connectivity index (χ0v) is 16.9. The lowest BCUT2D eigenvalue weighted by atomic mass is 9.97. The number of hydrogen-bond acceptors (Lipinski definition) is 5. The van der Waals surface area contributed by atoms with Gasteiger partial charge in [0.15, 0.2) is 0 Å². The van der Waals surface area contributed by atoms with Crippen LogP contribution >= 0.6 is 0 Å². The number of methoxy groups -OCH3 is 2. The van der Waals surface area contributed by atoms with Crippen molar-refractivity contribution in [2.75, 3.05) is 14.2 Å². The highest BCUT2D eigenvalue weighted by Gasteiger charge is 2.25. The number of nitro benzene ring substituents is 1. The van der Waals surface area contributed by atoms with Crippen molar-refractivity contribution in [1.82, 2.24) is 5.32 Å². The van der Waals surface area contributed by atoms with Gasteiger partial charge in [0.2, 0.25) is 0 Å². The summed E-state index contributed by atoms with van der Waals surface area (Å²) in [5, 5.41) is 14.4. The number of nitro groups is 1. The fraction of sp³-hybridized carbons (Fsp3) is 0.174. The molecule has 0 fully saturated rings. The molecule has 0 spiro atoms. The number of para-hydroxylation sites is 1. The lowest BCUT2D eigenvalue weighted by Crippen LogP contribution is -2.30. The number of hydrogen-bond donors (Lipinski definition) is 1. The monoisotopic (exact) mass is 406 g/mol. The Labute approximate surface area is 174 Å². The normalized spacial score (nSPS) is 10.5. The molecule has 154 valence electrons. The lowest BCUT2D eigenvalue weighted by Gasteiger charge is -2.21. The second-order valence-corrected chi connectivity index (χ2v) is 6.68. The number of nitrogens with one attached hydrogen (secondary N) is 1. The van der Waals surface area contributed by atoms with E-state index in [2.05, 4.69) is 5.32 Å². The summed E-state index contributed by atoms with van der Waals surface area (Å²) >= 11 is 0. The molecule has 0 saturated heterocycles. The summed E-state index contributed by atoms with van der Waals surface area (Å²) in [6.07, 6.45) is 0. The Morgan fingerprint density at radius 2 is 1.40 bits per heavy atom. The minimum atomic E-state index is -0.528. The number of aryl methyl sites for hydroxylation is 1. The van der Waals surface area contributed by atoms with E-state index >= 15 is 0 Å². The molecule has 3 aromatic rings. The summed E-state index contributed by atoms with van der Waals surface area (Å²) in [4.78, 5) is 24.0. The van der Waals surface area contributed by atoms with Gasteiger partial charge in [-0.25, -0.2) is 0 Å². The second kappa shape index (κ2) is 9.09. The van der Waals surface area contributed by atoms with Crippen molar-refractivity contribution in [2.24, 2.45) is 0 Å². The van der Waals surface area contributed by atoms with E-state index in [-0.39, 0.29) is 11.3 Å². The van der Waals surface area contributed by atoms with Gasteiger partial charge in [0.1, 0.15) is 17.1 Å². The van der Waals surface area contributed by atoms with E-state index in [0.29, 0.717) is 17.1 Å². The summed E-state index contributed by atoms with van der Waals surface area (Å²) in [5.41, 5.74) is 1.87. The van der Waals surface area contributed by atoms with Crippen LogP contribution in [0.2, 0.25) is 0 Å². The van der Waals surface area contributed by atoms with Crippen molar-refractivity contribution in [3.05, 3.63) is 99.1 Å². The molecule has 7 nitrogen and oxygen atoms in total. The Morgan fingerprint density at radius 1 is 0.900 bits per heavy atom. The summed E-state index contributed by atoms with van der Waals surface area (Å²) in [5.74, 6) is 0.850. The molecular formula is C23H22N2O5. The van der Waals surface area contributed by atoms with Crippen molar-refractivity contribution in [2.45, 2.75) is 13.0 Å². The van der Waals surface area contributed by atoms with Crippen molar-refractivity contribution >= 4 is 11.6 Å². The van der Waals surface area contributed by atoms with Crippen LogP contribution < -0.4 is 14.8 Å². The molecule has 3 rings (SSSR count). The van der Waals surface area contributed by atoms with Gasteiger partial charge in [0.05, 0.1) is 25.2 Å². The third-order valence-electron chi connectivity index (χ3n) is 4.84. The molecule has 0 bridgehead atoms. The van der Waals surface area contributed by atoms with E-state index in [9.17, 15) is 14.9 Å². The highest BCUT2D eigenvalue weighted by atomic mass is 16.6. The molecule has 0 aliphatic rings. The second-order valence-electron chi connectivity index (χ2n) is 6.68. The van der Waals surface area contributed by atoms with Gasteiger partial charge in [-0.1, -0.05) is 36.4 Å². The number of rotatable bonds is 7. The van der Waals surface area contributed by atoms with Crippen molar-refractivity contribution in [3.8, 4) is 11.5 Å². The topological polar surface area (TPSA) is 90.7 Å².